The minimum Gasteiger partial charge on any atom is -0.339 e. The van der Waals surface area contributed by atoms with E-state index in [1.165, 1.54) is 161 Å². The van der Waals surface area contributed by atoms with Crippen molar-refractivity contribution in [1.82, 2.24) is 4.90 Å². The van der Waals surface area contributed by atoms with Gasteiger partial charge in [0.05, 0.1) is 0 Å². The molecule has 0 heterocycles. The van der Waals surface area contributed by atoms with E-state index in [1.807, 2.05) is 6.08 Å². The van der Waals surface area contributed by atoms with Gasteiger partial charge in [0, 0.05) is 13.1 Å². The number of carbonyl (C=O) groups is 1. The summed E-state index contributed by atoms with van der Waals surface area (Å²) < 4.78 is 0. The molecule has 0 aliphatic carbocycles. The molecular weight excluding hydrogens is 438 g/mol. The Morgan fingerprint density at radius 3 is 1.11 bits per heavy atom. The molecule has 0 unspecified atom stereocenters. The lowest BCUT2D eigenvalue weighted by Crippen LogP contribution is -2.31. The number of hydrogen-bond donors (Lipinski definition) is 0. The highest BCUT2D eigenvalue weighted by molar-refractivity contribution is 5.87. The normalized spacial score (nSPS) is 11.5. The Labute approximate surface area is 228 Å². The maximum Gasteiger partial charge on any atom is 0.246 e. The van der Waals surface area contributed by atoms with Crippen molar-refractivity contribution in [2.45, 2.75) is 188 Å². The summed E-state index contributed by atoms with van der Waals surface area (Å²) in [5.74, 6) is 0.260. The largest absolute Gasteiger partial charge is 0.339 e. The lowest BCUT2D eigenvalue weighted by atomic mass is 10.1. The molecular formula is C34H67NO. The molecule has 0 fully saturated rings. The van der Waals surface area contributed by atoms with Gasteiger partial charge >= 0.3 is 0 Å². The number of rotatable bonds is 29. The summed E-state index contributed by atoms with van der Waals surface area (Å²) in [7, 11) is 0. The standard InChI is InChI=1S/C34H67NO/c1-4-7-10-13-16-18-20-23-26-29-32-35(34(36)31-28-25-22-15-12-9-6-3)33-30-27-24-21-19-17-14-11-8-5-2/h28,31H,4-27,29-30,32-33H2,1-3H3. The molecule has 36 heavy (non-hydrogen) atoms. The summed E-state index contributed by atoms with van der Waals surface area (Å²) in [6, 6.07) is 0. The minimum absolute atomic E-state index is 0.260. The van der Waals surface area contributed by atoms with Crippen molar-refractivity contribution in [3.8, 4) is 0 Å². The van der Waals surface area contributed by atoms with Crippen LogP contribution in [-0.4, -0.2) is 23.9 Å². The van der Waals surface area contributed by atoms with E-state index in [0.29, 0.717) is 0 Å². The first kappa shape index (κ1) is 35.2. The summed E-state index contributed by atoms with van der Waals surface area (Å²) >= 11 is 0. The van der Waals surface area contributed by atoms with Crippen LogP contribution in [0.4, 0.5) is 0 Å². The molecule has 0 aromatic heterocycles. The second-order valence-corrected chi connectivity index (χ2v) is 11.3. The quantitative estimate of drug-likeness (QED) is 0.0731. The second kappa shape index (κ2) is 30.4. The Morgan fingerprint density at radius 1 is 0.444 bits per heavy atom. The molecule has 214 valence electrons. The maximum absolute atomic E-state index is 12.9. The zero-order chi connectivity index (χ0) is 26.4. The van der Waals surface area contributed by atoms with Crippen molar-refractivity contribution in [2.75, 3.05) is 13.1 Å². The van der Waals surface area contributed by atoms with Crippen LogP contribution in [-0.2, 0) is 4.79 Å². The molecule has 0 N–H and O–H groups in total. The molecule has 0 aromatic rings. The summed E-state index contributed by atoms with van der Waals surface area (Å²) in [5, 5.41) is 0. The van der Waals surface area contributed by atoms with Crippen molar-refractivity contribution < 1.29 is 4.79 Å². The van der Waals surface area contributed by atoms with Crippen molar-refractivity contribution in [3.63, 3.8) is 0 Å². The number of hydrogen-bond acceptors (Lipinski definition) is 1. The lowest BCUT2D eigenvalue weighted by Gasteiger charge is -2.21. The lowest BCUT2D eigenvalue weighted by molar-refractivity contribution is -0.126. The van der Waals surface area contributed by atoms with E-state index in [4.69, 9.17) is 0 Å². The zero-order valence-corrected chi connectivity index (χ0v) is 25.3. The first-order valence-electron chi connectivity index (χ1n) is 16.7. The van der Waals surface area contributed by atoms with Gasteiger partial charge in [-0.1, -0.05) is 168 Å². The summed E-state index contributed by atoms with van der Waals surface area (Å²) in [6.07, 6.45) is 38.6. The van der Waals surface area contributed by atoms with Crippen LogP contribution < -0.4 is 0 Å². The smallest absolute Gasteiger partial charge is 0.246 e. The van der Waals surface area contributed by atoms with E-state index in [9.17, 15) is 4.79 Å². The number of nitrogens with zero attached hydrogens (tertiary/aromatic N) is 1. The van der Waals surface area contributed by atoms with E-state index in [-0.39, 0.29) is 5.91 Å². The van der Waals surface area contributed by atoms with Crippen molar-refractivity contribution in [3.05, 3.63) is 12.2 Å². The summed E-state index contributed by atoms with van der Waals surface area (Å²) in [6.45, 7) is 8.74. The Bertz CT molecular complexity index is 434. The molecule has 0 rings (SSSR count). The van der Waals surface area contributed by atoms with Crippen molar-refractivity contribution in [2.24, 2.45) is 0 Å². The topological polar surface area (TPSA) is 20.3 Å². The molecule has 0 atom stereocenters. The third-order valence-corrected chi connectivity index (χ3v) is 7.61. The molecule has 1 amide bonds. The van der Waals surface area contributed by atoms with E-state index in [1.54, 1.807) is 0 Å². The molecule has 2 heteroatoms. The molecule has 0 aliphatic rings. The molecule has 0 saturated carbocycles. The van der Waals surface area contributed by atoms with Gasteiger partial charge in [0.2, 0.25) is 5.91 Å². The highest BCUT2D eigenvalue weighted by Gasteiger charge is 2.10. The van der Waals surface area contributed by atoms with Gasteiger partial charge in [0.15, 0.2) is 0 Å². The Kier molecular flexibility index (Phi) is 29.8. The van der Waals surface area contributed by atoms with E-state index < -0.39 is 0 Å². The van der Waals surface area contributed by atoms with E-state index >= 15 is 0 Å². The first-order valence-corrected chi connectivity index (χ1v) is 16.7. The van der Waals surface area contributed by atoms with Crippen LogP contribution in [0.1, 0.15) is 188 Å². The fourth-order valence-electron chi connectivity index (χ4n) is 5.07. The molecule has 2 nitrogen and oxygen atoms in total. The number of carbonyl (C=O) groups excluding carboxylic acids is 1. The maximum atomic E-state index is 12.9. The van der Waals surface area contributed by atoms with Crippen molar-refractivity contribution >= 4 is 5.91 Å². The average molecular weight is 506 g/mol. The van der Waals surface area contributed by atoms with Crippen LogP contribution in [0.3, 0.4) is 0 Å². The van der Waals surface area contributed by atoms with Crippen LogP contribution in [0, 0.1) is 0 Å². The average Bonchev–Trinajstić information content (AvgIpc) is 2.88. The highest BCUT2D eigenvalue weighted by atomic mass is 16.2. The monoisotopic (exact) mass is 506 g/mol. The molecule has 0 aromatic carbocycles. The van der Waals surface area contributed by atoms with Gasteiger partial charge in [-0.25, -0.2) is 0 Å². The molecule has 0 saturated heterocycles. The van der Waals surface area contributed by atoms with Gasteiger partial charge in [-0.3, -0.25) is 4.79 Å². The van der Waals surface area contributed by atoms with Gasteiger partial charge in [0.25, 0.3) is 0 Å². The Balaban J connectivity index is 4.12. The van der Waals surface area contributed by atoms with Crippen LogP contribution >= 0.6 is 0 Å². The Hall–Kier alpha value is -0.790. The fraction of sp³-hybridized carbons (Fsp3) is 0.912. The minimum atomic E-state index is 0.260. The third kappa shape index (κ3) is 26.3. The zero-order valence-electron chi connectivity index (χ0n) is 25.3. The van der Waals surface area contributed by atoms with Crippen LogP contribution in [0.2, 0.25) is 0 Å². The van der Waals surface area contributed by atoms with Crippen LogP contribution in [0.5, 0.6) is 0 Å². The number of unbranched alkanes of at least 4 members (excludes halogenated alkanes) is 23. The van der Waals surface area contributed by atoms with Crippen molar-refractivity contribution in [1.29, 1.82) is 0 Å². The predicted molar refractivity (Wildman–Crippen MR) is 163 cm³/mol. The van der Waals surface area contributed by atoms with Gasteiger partial charge in [-0.15, -0.1) is 0 Å². The molecule has 0 bridgehead atoms. The predicted octanol–water partition coefficient (Wildman–Crippen LogP) is 11.6. The van der Waals surface area contributed by atoms with Gasteiger partial charge in [-0.2, -0.15) is 0 Å². The first-order chi connectivity index (χ1) is 17.8. The van der Waals surface area contributed by atoms with Crippen LogP contribution in [0.25, 0.3) is 0 Å². The summed E-state index contributed by atoms with van der Waals surface area (Å²) in [5.41, 5.74) is 0. The van der Waals surface area contributed by atoms with E-state index in [0.717, 1.165) is 19.5 Å². The number of allylic oxidation sites excluding steroid dienone is 1. The van der Waals surface area contributed by atoms with Crippen LogP contribution in [0.15, 0.2) is 12.2 Å². The molecule has 0 aliphatic heterocycles. The van der Waals surface area contributed by atoms with E-state index in [2.05, 4.69) is 31.7 Å². The Morgan fingerprint density at radius 2 is 0.750 bits per heavy atom. The molecule has 0 spiro atoms. The second-order valence-electron chi connectivity index (χ2n) is 11.3. The highest BCUT2D eigenvalue weighted by Crippen LogP contribution is 2.13. The van der Waals surface area contributed by atoms with Gasteiger partial charge in [0.1, 0.15) is 0 Å². The summed E-state index contributed by atoms with van der Waals surface area (Å²) in [4.78, 5) is 15.1. The van der Waals surface area contributed by atoms with Gasteiger partial charge in [-0.05, 0) is 31.8 Å². The SMILES string of the molecule is CCCCCCCC=CC(=O)N(CCCCCCCCCCCC)CCCCCCCCCCCC. The third-order valence-electron chi connectivity index (χ3n) is 7.61. The number of amides is 1. The molecule has 0 radical (unpaired) electrons. The fourth-order valence-corrected chi connectivity index (χ4v) is 5.07. The van der Waals surface area contributed by atoms with Gasteiger partial charge < -0.3 is 4.90 Å².